The number of aryl methyl sites for hydroxylation is 1. The molecule has 142 valence electrons. The lowest BCUT2D eigenvalue weighted by molar-refractivity contribution is -0.132. The first-order chi connectivity index (χ1) is 13.2. The number of hydrogen-bond acceptors (Lipinski definition) is 3. The molecular formula is C21H26N4O2. The quantitative estimate of drug-likeness (QED) is 0.664. The van der Waals surface area contributed by atoms with Gasteiger partial charge in [-0.25, -0.2) is 4.79 Å². The van der Waals surface area contributed by atoms with E-state index in [-0.39, 0.29) is 18.1 Å². The number of hydrogen-bond donors (Lipinski definition) is 1. The normalized spacial score (nSPS) is 11.0. The van der Waals surface area contributed by atoms with E-state index >= 15 is 0 Å². The first-order valence-corrected chi connectivity index (χ1v) is 9.35. The highest BCUT2D eigenvalue weighted by Crippen LogP contribution is 2.14. The summed E-state index contributed by atoms with van der Waals surface area (Å²) in [6.07, 6.45) is 0.726. The third-order valence-electron chi connectivity index (χ3n) is 4.74. The van der Waals surface area contributed by atoms with Crippen molar-refractivity contribution in [2.75, 3.05) is 13.1 Å². The van der Waals surface area contributed by atoms with Gasteiger partial charge in [-0.1, -0.05) is 42.5 Å². The zero-order chi connectivity index (χ0) is 19.2. The van der Waals surface area contributed by atoms with Crippen molar-refractivity contribution in [1.82, 2.24) is 14.0 Å². The molecule has 0 spiro atoms. The van der Waals surface area contributed by atoms with Crippen LogP contribution in [0.1, 0.15) is 18.9 Å². The molecule has 0 aliphatic heterocycles. The van der Waals surface area contributed by atoms with Gasteiger partial charge >= 0.3 is 5.69 Å². The third-order valence-corrected chi connectivity index (χ3v) is 4.74. The summed E-state index contributed by atoms with van der Waals surface area (Å²) in [5, 5.41) is 0. The molecule has 6 nitrogen and oxygen atoms in total. The van der Waals surface area contributed by atoms with Crippen molar-refractivity contribution in [3.63, 3.8) is 0 Å². The first kappa shape index (κ1) is 18.9. The fourth-order valence-electron chi connectivity index (χ4n) is 3.34. The Bertz CT molecular complexity index is 959. The van der Waals surface area contributed by atoms with Crippen LogP contribution >= 0.6 is 0 Å². The molecule has 0 unspecified atom stereocenters. The molecule has 2 N–H and O–H groups in total. The summed E-state index contributed by atoms with van der Waals surface area (Å²) in [4.78, 5) is 27.6. The lowest BCUT2D eigenvalue weighted by Crippen LogP contribution is -2.37. The van der Waals surface area contributed by atoms with Gasteiger partial charge in [0.25, 0.3) is 0 Å². The van der Waals surface area contributed by atoms with Gasteiger partial charge in [0, 0.05) is 19.6 Å². The van der Waals surface area contributed by atoms with Crippen molar-refractivity contribution in [2.24, 2.45) is 5.73 Å². The number of benzene rings is 2. The predicted octanol–water partition coefficient (Wildman–Crippen LogP) is 2.20. The molecule has 0 bridgehead atoms. The Morgan fingerprint density at radius 2 is 1.63 bits per heavy atom. The van der Waals surface area contributed by atoms with Gasteiger partial charge in [-0.15, -0.1) is 0 Å². The molecule has 0 saturated heterocycles. The highest BCUT2D eigenvalue weighted by molar-refractivity contribution is 5.81. The Balaban J connectivity index is 1.88. The van der Waals surface area contributed by atoms with Gasteiger partial charge in [0.1, 0.15) is 6.54 Å². The summed E-state index contributed by atoms with van der Waals surface area (Å²) in [6, 6.07) is 17.5. The standard InChI is InChI=1S/C21H26N4O2/c1-2-24-18-11-6-7-12-19(18)25(21(24)27)16-20(26)23(14-8-13-22)15-17-9-4-3-5-10-17/h3-7,9-12H,2,8,13-16,22H2,1H3. The van der Waals surface area contributed by atoms with E-state index in [4.69, 9.17) is 5.73 Å². The minimum atomic E-state index is -0.148. The van der Waals surface area contributed by atoms with Crippen LogP contribution in [0.4, 0.5) is 0 Å². The summed E-state index contributed by atoms with van der Waals surface area (Å²) >= 11 is 0. The SMILES string of the molecule is CCn1c(=O)n(CC(=O)N(CCCN)Cc2ccccc2)c2ccccc21. The van der Waals surface area contributed by atoms with Gasteiger partial charge < -0.3 is 10.6 Å². The van der Waals surface area contributed by atoms with Crippen LogP contribution in [0.2, 0.25) is 0 Å². The molecule has 1 amide bonds. The topological polar surface area (TPSA) is 73.3 Å². The average molecular weight is 366 g/mol. The van der Waals surface area contributed by atoms with Crippen LogP contribution in [0.15, 0.2) is 59.4 Å². The van der Waals surface area contributed by atoms with E-state index in [0.29, 0.717) is 26.2 Å². The second-order valence-corrected chi connectivity index (χ2v) is 6.54. The van der Waals surface area contributed by atoms with Gasteiger partial charge in [0.15, 0.2) is 0 Å². The molecule has 0 saturated carbocycles. The van der Waals surface area contributed by atoms with Crippen LogP contribution < -0.4 is 11.4 Å². The van der Waals surface area contributed by atoms with E-state index in [2.05, 4.69) is 0 Å². The molecule has 2 aromatic carbocycles. The van der Waals surface area contributed by atoms with Gasteiger partial charge in [-0.3, -0.25) is 13.9 Å². The van der Waals surface area contributed by atoms with Crippen molar-refractivity contribution in [2.45, 2.75) is 33.0 Å². The molecule has 1 aromatic heterocycles. The Hall–Kier alpha value is -2.86. The molecule has 0 radical (unpaired) electrons. The molecule has 27 heavy (non-hydrogen) atoms. The minimum absolute atomic E-state index is 0.0315. The maximum absolute atomic E-state index is 13.0. The molecule has 0 fully saturated rings. The average Bonchev–Trinajstić information content (AvgIpc) is 2.97. The molecule has 6 heteroatoms. The number of imidazole rings is 1. The number of amides is 1. The number of nitrogens with zero attached hydrogens (tertiary/aromatic N) is 3. The van der Waals surface area contributed by atoms with Gasteiger partial charge in [-0.05, 0) is 37.6 Å². The number of para-hydroxylation sites is 2. The van der Waals surface area contributed by atoms with E-state index in [1.807, 2.05) is 61.5 Å². The molecule has 0 aliphatic rings. The Labute approximate surface area is 158 Å². The smallest absolute Gasteiger partial charge is 0.329 e. The van der Waals surface area contributed by atoms with Gasteiger partial charge in [0.2, 0.25) is 5.91 Å². The summed E-state index contributed by atoms with van der Waals surface area (Å²) in [5.41, 5.74) is 8.20. The summed E-state index contributed by atoms with van der Waals surface area (Å²) in [5.74, 6) is -0.0755. The number of carbonyl (C=O) groups excluding carboxylic acids is 1. The molecular weight excluding hydrogens is 340 g/mol. The third kappa shape index (κ3) is 4.11. The maximum Gasteiger partial charge on any atom is 0.329 e. The van der Waals surface area contributed by atoms with Gasteiger partial charge in [0.05, 0.1) is 11.0 Å². The lowest BCUT2D eigenvalue weighted by atomic mass is 10.2. The van der Waals surface area contributed by atoms with Crippen LogP contribution in [-0.2, 0) is 24.4 Å². The number of fused-ring (bicyclic) bond motifs is 1. The van der Waals surface area contributed by atoms with Crippen molar-refractivity contribution in [3.8, 4) is 0 Å². The highest BCUT2D eigenvalue weighted by atomic mass is 16.2. The molecule has 3 rings (SSSR count). The van der Waals surface area contributed by atoms with Crippen molar-refractivity contribution in [1.29, 1.82) is 0 Å². The predicted molar refractivity (Wildman–Crippen MR) is 107 cm³/mol. The van der Waals surface area contributed by atoms with E-state index in [1.54, 1.807) is 14.0 Å². The number of aromatic nitrogens is 2. The van der Waals surface area contributed by atoms with Crippen LogP contribution in [0.5, 0.6) is 0 Å². The zero-order valence-electron chi connectivity index (χ0n) is 15.7. The highest BCUT2D eigenvalue weighted by Gasteiger charge is 2.19. The molecule has 1 heterocycles. The summed E-state index contributed by atoms with van der Waals surface area (Å²) < 4.78 is 3.27. The van der Waals surface area contributed by atoms with E-state index < -0.39 is 0 Å². The fraction of sp³-hybridized carbons (Fsp3) is 0.333. The number of rotatable bonds is 8. The van der Waals surface area contributed by atoms with Crippen LogP contribution in [0.3, 0.4) is 0 Å². The molecule has 3 aromatic rings. The number of carbonyl (C=O) groups is 1. The Morgan fingerprint density at radius 3 is 2.26 bits per heavy atom. The molecule has 0 aliphatic carbocycles. The first-order valence-electron chi connectivity index (χ1n) is 9.35. The summed E-state index contributed by atoms with van der Waals surface area (Å²) in [6.45, 7) is 4.15. The van der Waals surface area contributed by atoms with E-state index in [1.165, 1.54) is 0 Å². The van der Waals surface area contributed by atoms with Crippen molar-refractivity contribution >= 4 is 16.9 Å². The van der Waals surface area contributed by atoms with Gasteiger partial charge in [-0.2, -0.15) is 0 Å². The summed E-state index contributed by atoms with van der Waals surface area (Å²) in [7, 11) is 0. The largest absolute Gasteiger partial charge is 0.337 e. The van der Waals surface area contributed by atoms with E-state index in [0.717, 1.165) is 23.0 Å². The fourth-order valence-corrected chi connectivity index (χ4v) is 3.34. The van der Waals surface area contributed by atoms with Crippen molar-refractivity contribution < 1.29 is 4.79 Å². The van der Waals surface area contributed by atoms with E-state index in [9.17, 15) is 9.59 Å². The second-order valence-electron chi connectivity index (χ2n) is 6.54. The zero-order valence-corrected chi connectivity index (χ0v) is 15.7. The lowest BCUT2D eigenvalue weighted by Gasteiger charge is -2.23. The Kier molecular flexibility index (Phi) is 6.08. The van der Waals surface area contributed by atoms with Crippen LogP contribution in [-0.4, -0.2) is 33.0 Å². The van der Waals surface area contributed by atoms with Crippen molar-refractivity contribution in [3.05, 3.63) is 70.6 Å². The molecule has 0 atom stereocenters. The monoisotopic (exact) mass is 366 g/mol. The minimum Gasteiger partial charge on any atom is -0.337 e. The Morgan fingerprint density at radius 1 is 1.00 bits per heavy atom. The van der Waals surface area contributed by atoms with Crippen LogP contribution in [0.25, 0.3) is 11.0 Å². The second kappa shape index (κ2) is 8.68. The number of nitrogens with two attached hydrogens (primary N) is 1. The van der Waals surface area contributed by atoms with Crippen LogP contribution in [0, 0.1) is 0 Å². The maximum atomic E-state index is 13.0.